The molecule has 0 N–H and O–H groups in total. The zero-order valence-corrected chi connectivity index (χ0v) is 16.7. The molecule has 0 spiro atoms. The van der Waals surface area contributed by atoms with Gasteiger partial charge >= 0.3 is 5.97 Å². The Balaban J connectivity index is 3.42. The van der Waals surface area contributed by atoms with E-state index < -0.39 is 27.9 Å². The van der Waals surface area contributed by atoms with Crippen LogP contribution in [-0.4, -0.2) is 38.4 Å². The van der Waals surface area contributed by atoms with Gasteiger partial charge in [0.2, 0.25) is 10.0 Å². The fourth-order valence-electron chi connectivity index (χ4n) is 2.40. The van der Waals surface area contributed by atoms with Gasteiger partial charge in [-0.05, 0) is 46.5 Å². The number of nitrogens with zero attached hydrogens (tertiary/aromatic N) is 1. The van der Waals surface area contributed by atoms with E-state index in [4.69, 9.17) is 11.2 Å². The fourth-order valence-corrected chi connectivity index (χ4v) is 5.16. The molecule has 0 fully saturated rings. The zero-order valence-electron chi connectivity index (χ0n) is 14.3. The number of methoxy groups -OCH3 is 1. The Morgan fingerprint density at radius 2 is 2.08 bits per heavy atom. The van der Waals surface area contributed by atoms with E-state index >= 15 is 0 Å². The molecule has 0 saturated carbocycles. The van der Waals surface area contributed by atoms with Gasteiger partial charge in [-0.2, -0.15) is 4.31 Å². The van der Waals surface area contributed by atoms with Gasteiger partial charge in [0.15, 0.2) is 0 Å². The van der Waals surface area contributed by atoms with Crippen LogP contribution in [0.15, 0.2) is 27.6 Å². The Morgan fingerprint density at radius 1 is 1.44 bits per heavy atom. The van der Waals surface area contributed by atoms with Gasteiger partial charge in [0, 0.05) is 17.4 Å². The van der Waals surface area contributed by atoms with Gasteiger partial charge in [-0.25, -0.2) is 12.8 Å². The van der Waals surface area contributed by atoms with Crippen LogP contribution >= 0.6 is 15.9 Å². The molecular formula is C17H21BrFNO4S. The van der Waals surface area contributed by atoms with Crippen molar-refractivity contribution in [2.45, 2.75) is 37.6 Å². The molecule has 0 saturated heterocycles. The van der Waals surface area contributed by atoms with E-state index in [1.165, 1.54) is 7.11 Å². The molecule has 0 aliphatic heterocycles. The highest BCUT2D eigenvalue weighted by molar-refractivity contribution is 9.10. The van der Waals surface area contributed by atoms with Crippen molar-refractivity contribution < 1.29 is 22.3 Å². The number of carbonyl (C=O) groups excluding carboxylic acids is 1. The van der Waals surface area contributed by atoms with E-state index in [-0.39, 0.29) is 21.8 Å². The summed E-state index contributed by atoms with van der Waals surface area (Å²) in [5.41, 5.74) is 0. The molecule has 0 unspecified atom stereocenters. The molecule has 138 valence electrons. The third-order valence-corrected chi connectivity index (χ3v) is 6.42. The highest BCUT2D eigenvalue weighted by Gasteiger charge is 2.39. The van der Waals surface area contributed by atoms with Gasteiger partial charge in [0.05, 0.1) is 12.0 Å². The van der Waals surface area contributed by atoms with Crippen LogP contribution in [0.2, 0.25) is 0 Å². The van der Waals surface area contributed by atoms with E-state index in [0.29, 0.717) is 12.8 Å². The first-order valence-corrected chi connectivity index (χ1v) is 9.88. The van der Waals surface area contributed by atoms with Gasteiger partial charge in [-0.3, -0.25) is 4.79 Å². The van der Waals surface area contributed by atoms with Crippen LogP contribution < -0.4 is 0 Å². The van der Waals surface area contributed by atoms with Crippen LogP contribution in [-0.2, 0) is 19.6 Å². The minimum atomic E-state index is -4.08. The summed E-state index contributed by atoms with van der Waals surface area (Å²) in [5, 5.41) is 0. The molecule has 1 rings (SSSR count). The largest absolute Gasteiger partial charge is 0.468 e. The maximum Gasteiger partial charge on any atom is 0.324 e. The van der Waals surface area contributed by atoms with E-state index in [0.717, 1.165) is 22.5 Å². The molecule has 0 aliphatic rings. The van der Waals surface area contributed by atoms with E-state index in [1.54, 1.807) is 13.8 Å². The fraction of sp³-hybridized carbons (Fsp3) is 0.471. The molecule has 0 amide bonds. The monoisotopic (exact) mass is 433 g/mol. The normalized spacial score (nSPS) is 12.9. The predicted molar refractivity (Wildman–Crippen MR) is 96.7 cm³/mol. The lowest BCUT2D eigenvalue weighted by Crippen LogP contribution is -2.49. The predicted octanol–water partition coefficient (Wildman–Crippen LogP) is 3.19. The Kier molecular flexibility index (Phi) is 8.06. The second-order valence-electron chi connectivity index (χ2n) is 5.71. The minimum absolute atomic E-state index is 0.0499. The highest BCUT2D eigenvalue weighted by Crippen LogP contribution is 2.29. The molecular weight excluding hydrogens is 413 g/mol. The summed E-state index contributed by atoms with van der Waals surface area (Å²) in [6, 6.07) is 2.27. The standard InChI is InChI=1S/C17H21BrFNO4S/c1-5-6-7-10-20(16(12(2)3)17(21)24-4)25(22,23)15-9-8-13(19)11-14(15)18/h1,8-9,11-12,16H,6-7,10H2,2-4H3/t16-/m0/s1. The van der Waals surface area contributed by atoms with Gasteiger partial charge in [0.1, 0.15) is 11.9 Å². The summed E-state index contributed by atoms with van der Waals surface area (Å²) in [7, 11) is -2.87. The van der Waals surface area contributed by atoms with Crippen molar-refractivity contribution in [2.75, 3.05) is 13.7 Å². The molecule has 1 aromatic carbocycles. The summed E-state index contributed by atoms with van der Waals surface area (Å²) >= 11 is 3.08. The average molecular weight is 434 g/mol. The number of benzene rings is 1. The van der Waals surface area contributed by atoms with Crippen molar-refractivity contribution in [1.29, 1.82) is 0 Å². The van der Waals surface area contributed by atoms with Gasteiger partial charge in [0.25, 0.3) is 0 Å². The van der Waals surface area contributed by atoms with Gasteiger partial charge in [-0.15, -0.1) is 12.3 Å². The lowest BCUT2D eigenvalue weighted by molar-refractivity contribution is -0.146. The van der Waals surface area contributed by atoms with Crippen molar-refractivity contribution in [3.8, 4) is 12.3 Å². The van der Waals surface area contributed by atoms with E-state index in [1.807, 2.05) is 0 Å². The van der Waals surface area contributed by atoms with Crippen LogP contribution in [0, 0.1) is 24.1 Å². The number of esters is 1. The molecule has 5 nitrogen and oxygen atoms in total. The van der Waals surface area contributed by atoms with Crippen molar-refractivity contribution in [2.24, 2.45) is 5.92 Å². The van der Waals surface area contributed by atoms with Crippen LogP contribution in [0.1, 0.15) is 26.7 Å². The Bertz CT molecular complexity index is 758. The van der Waals surface area contributed by atoms with E-state index in [9.17, 15) is 17.6 Å². The summed E-state index contributed by atoms with van der Waals surface area (Å²) in [6.07, 6.45) is 5.99. The van der Waals surface area contributed by atoms with Crippen LogP contribution in [0.4, 0.5) is 4.39 Å². The first-order chi connectivity index (χ1) is 11.7. The molecule has 0 radical (unpaired) electrons. The average Bonchev–Trinajstić information content (AvgIpc) is 2.52. The number of hydrogen-bond acceptors (Lipinski definition) is 4. The Labute approximate surface area is 156 Å². The third-order valence-electron chi connectivity index (χ3n) is 3.56. The summed E-state index contributed by atoms with van der Waals surface area (Å²) < 4.78 is 45.5. The Hall–Kier alpha value is -1.43. The van der Waals surface area contributed by atoms with Gasteiger partial charge in [-0.1, -0.05) is 13.8 Å². The second-order valence-corrected chi connectivity index (χ2v) is 8.42. The number of halogens is 2. The quantitative estimate of drug-likeness (QED) is 0.358. The van der Waals surface area contributed by atoms with Crippen LogP contribution in [0.25, 0.3) is 0 Å². The van der Waals surface area contributed by atoms with Crippen LogP contribution in [0.3, 0.4) is 0 Å². The second kappa shape index (κ2) is 9.32. The van der Waals surface area contributed by atoms with Crippen molar-refractivity contribution in [1.82, 2.24) is 4.31 Å². The smallest absolute Gasteiger partial charge is 0.324 e. The number of sulfonamides is 1. The minimum Gasteiger partial charge on any atom is -0.468 e. The van der Waals surface area contributed by atoms with Crippen LogP contribution in [0.5, 0.6) is 0 Å². The summed E-state index contributed by atoms with van der Waals surface area (Å²) in [5.74, 6) is 0.895. The Morgan fingerprint density at radius 3 is 2.56 bits per heavy atom. The number of hydrogen-bond donors (Lipinski definition) is 0. The van der Waals surface area contributed by atoms with Crippen molar-refractivity contribution in [3.05, 3.63) is 28.5 Å². The summed E-state index contributed by atoms with van der Waals surface area (Å²) in [6.45, 7) is 3.50. The summed E-state index contributed by atoms with van der Waals surface area (Å²) in [4.78, 5) is 12.1. The molecule has 8 heteroatoms. The maximum atomic E-state index is 13.3. The number of terminal acetylenes is 1. The first kappa shape index (κ1) is 21.6. The highest BCUT2D eigenvalue weighted by atomic mass is 79.9. The molecule has 0 bridgehead atoms. The van der Waals surface area contributed by atoms with Crippen molar-refractivity contribution >= 4 is 31.9 Å². The molecule has 0 heterocycles. The molecule has 0 aromatic heterocycles. The number of carbonyl (C=O) groups is 1. The molecule has 1 aromatic rings. The number of rotatable bonds is 8. The lowest BCUT2D eigenvalue weighted by atomic mass is 10.0. The third kappa shape index (κ3) is 5.27. The van der Waals surface area contributed by atoms with E-state index in [2.05, 4.69) is 21.9 Å². The SMILES string of the molecule is C#CCCCN([C@H](C(=O)OC)C(C)C)S(=O)(=O)c1ccc(F)cc1Br. The topological polar surface area (TPSA) is 63.7 Å². The molecule has 1 atom stereocenters. The number of unbranched alkanes of at least 4 members (excludes halogenated alkanes) is 1. The zero-order chi connectivity index (χ0) is 19.2. The maximum absolute atomic E-state index is 13.3. The first-order valence-electron chi connectivity index (χ1n) is 7.65. The lowest BCUT2D eigenvalue weighted by Gasteiger charge is -2.31. The number of ether oxygens (including phenoxy) is 1. The van der Waals surface area contributed by atoms with Crippen molar-refractivity contribution in [3.63, 3.8) is 0 Å². The van der Waals surface area contributed by atoms with Gasteiger partial charge < -0.3 is 4.74 Å². The molecule has 0 aliphatic carbocycles. The molecule has 25 heavy (non-hydrogen) atoms.